The summed E-state index contributed by atoms with van der Waals surface area (Å²) in [7, 11) is 1.50. The molecule has 3 N–H and O–H groups in total. The molecule has 0 bridgehead atoms. The first kappa shape index (κ1) is 12.3. The SMILES string of the molecule is COCC(CO)NC(=O)CCCO. The summed E-state index contributed by atoms with van der Waals surface area (Å²) >= 11 is 0. The van der Waals surface area contributed by atoms with Crippen molar-refractivity contribution in [3.8, 4) is 0 Å². The number of nitrogens with one attached hydrogen (secondary N) is 1. The van der Waals surface area contributed by atoms with E-state index in [2.05, 4.69) is 5.32 Å². The monoisotopic (exact) mass is 191 g/mol. The summed E-state index contributed by atoms with van der Waals surface area (Å²) in [5.41, 5.74) is 0. The number of hydrogen-bond donors (Lipinski definition) is 3. The average molecular weight is 191 g/mol. The molecule has 5 nitrogen and oxygen atoms in total. The van der Waals surface area contributed by atoms with Gasteiger partial charge in [0.05, 0.1) is 19.3 Å². The maximum absolute atomic E-state index is 11.1. The van der Waals surface area contributed by atoms with Gasteiger partial charge in [0.1, 0.15) is 0 Å². The third kappa shape index (κ3) is 6.51. The van der Waals surface area contributed by atoms with Crippen molar-refractivity contribution in [2.45, 2.75) is 18.9 Å². The quantitative estimate of drug-likeness (QED) is 0.476. The highest BCUT2D eigenvalue weighted by Crippen LogP contribution is 1.90. The Labute approximate surface area is 77.7 Å². The Hall–Kier alpha value is -0.650. The van der Waals surface area contributed by atoms with Crippen molar-refractivity contribution in [3.05, 3.63) is 0 Å². The number of rotatable bonds is 7. The van der Waals surface area contributed by atoms with Crippen LogP contribution in [-0.4, -0.2) is 49.1 Å². The molecule has 0 rings (SSSR count). The van der Waals surface area contributed by atoms with Gasteiger partial charge in [-0.1, -0.05) is 0 Å². The van der Waals surface area contributed by atoms with Crippen molar-refractivity contribution in [2.24, 2.45) is 0 Å². The number of carbonyl (C=O) groups is 1. The zero-order valence-corrected chi connectivity index (χ0v) is 7.82. The molecule has 0 fully saturated rings. The van der Waals surface area contributed by atoms with Crippen LogP contribution in [-0.2, 0) is 9.53 Å². The largest absolute Gasteiger partial charge is 0.396 e. The van der Waals surface area contributed by atoms with E-state index >= 15 is 0 Å². The highest BCUT2D eigenvalue weighted by molar-refractivity contribution is 5.76. The topological polar surface area (TPSA) is 78.8 Å². The van der Waals surface area contributed by atoms with Crippen molar-refractivity contribution < 1.29 is 19.7 Å². The second kappa shape index (κ2) is 7.97. The summed E-state index contributed by atoms with van der Waals surface area (Å²) in [5, 5.41) is 19.8. The molecule has 0 spiro atoms. The Morgan fingerprint density at radius 2 is 2.23 bits per heavy atom. The standard InChI is InChI=1S/C8H17NO4/c1-13-6-7(5-11)9-8(12)3-2-4-10/h7,10-11H,2-6H2,1H3,(H,9,12). The average Bonchev–Trinajstić information content (AvgIpc) is 2.14. The second-order valence-electron chi connectivity index (χ2n) is 2.73. The van der Waals surface area contributed by atoms with Crippen LogP contribution in [0.4, 0.5) is 0 Å². The lowest BCUT2D eigenvalue weighted by Crippen LogP contribution is -2.40. The second-order valence-corrected chi connectivity index (χ2v) is 2.73. The van der Waals surface area contributed by atoms with E-state index in [9.17, 15) is 4.79 Å². The number of aliphatic hydroxyl groups is 2. The third-order valence-electron chi connectivity index (χ3n) is 1.52. The van der Waals surface area contributed by atoms with Gasteiger partial charge in [-0.25, -0.2) is 0 Å². The molecule has 5 heteroatoms. The van der Waals surface area contributed by atoms with Crippen LogP contribution < -0.4 is 5.32 Å². The van der Waals surface area contributed by atoms with E-state index in [4.69, 9.17) is 14.9 Å². The van der Waals surface area contributed by atoms with Gasteiger partial charge in [0.2, 0.25) is 5.91 Å². The number of carbonyl (C=O) groups excluding carboxylic acids is 1. The van der Waals surface area contributed by atoms with Gasteiger partial charge in [0.25, 0.3) is 0 Å². The highest BCUT2D eigenvalue weighted by atomic mass is 16.5. The molecule has 1 amide bonds. The summed E-state index contributed by atoms with van der Waals surface area (Å²) in [4.78, 5) is 11.1. The van der Waals surface area contributed by atoms with Crippen LogP contribution in [0.5, 0.6) is 0 Å². The number of aliphatic hydroxyl groups excluding tert-OH is 2. The van der Waals surface area contributed by atoms with Crippen molar-refractivity contribution in [1.29, 1.82) is 0 Å². The Morgan fingerprint density at radius 3 is 2.69 bits per heavy atom. The van der Waals surface area contributed by atoms with Crippen LogP contribution in [0.3, 0.4) is 0 Å². The van der Waals surface area contributed by atoms with Gasteiger partial charge >= 0.3 is 0 Å². The Bertz CT molecular complexity index is 140. The van der Waals surface area contributed by atoms with E-state index < -0.39 is 0 Å². The minimum Gasteiger partial charge on any atom is -0.396 e. The molecule has 0 radical (unpaired) electrons. The first-order valence-electron chi connectivity index (χ1n) is 4.24. The Balaban J connectivity index is 3.60. The molecule has 0 aliphatic rings. The molecule has 13 heavy (non-hydrogen) atoms. The zero-order chi connectivity index (χ0) is 10.1. The van der Waals surface area contributed by atoms with Crippen molar-refractivity contribution >= 4 is 5.91 Å². The maximum atomic E-state index is 11.1. The molecule has 0 aromatic carbocycles. The first-order valence-corrected chi connectivity index (χ1v) is 4.24. The van der Waals surface area contributed by atoms with Crippen LogP contribution in [0.2, 0.25) is 0 Å². The molecule has 0 saturated heterocycles. The minimum absolute atomic E-state index is 0.00148. The van der Waals surface area contributed by atoms with E-state index in [1.165, 1.54) is 7.11 Å². The Morgan fingerprint density at radius 1 is 1.54 bits per heavy atom. The van der Waals surface area contributed by atoms with Crippen molar-refractivity contribution in [3.63, 3.8) is 0 Å². The van der Waals surface area contributed by atoms with Crippen LogP contribution in [0, 0.1) is 0 Å². The summed E-state index contributed by atoms with van der Waals surface area (Å²) in [5.74, 6) is -0.176. The van der Waals surface area contributed by atoms with Crippen LogP contribution in [0.25, 0.3) is 0 Å². The molecule has 0 aromatic heterocycles. The molecule has 1 unspecified atom stereocenters. The zero-order valence-electron chi connectivity index (χ0n) is 7.82. The van der Waals surface area contributed by atoms with Gasteiger partial charge < -0.3 is 20.3 Å². The van der Waals surface area contributed by atoms with E-state index in [-0.39, 0.29) is 31.6 Å². The fourth-order valence-corrected chi connectivity index (χ4v) is 0.881. The molecule has 0 aliphatic carbocycles. The molecule has 0 aromatic rings. The lowest BCUT2D eigenvalue weighted by molar-refractivity contribution is -0.122. The van der Waals surface area contributed by atoms with E-state index in [1.807, 2.05) is 0 Å². The first-order chi connectivity index (χ1) is 6.24. The van der Waals surface area contributed by atoms with Gasteiger partial charge in [0, 0.05) is 20.1 Å². The minimum atomic E-state index is -0.351. The van der Waals surface area contributed by atoms with Gasteiger partial charge in [0.15, 0.2) is 0 Å². The fourth-order valence-electron chi connectivity index (χ4n) is 0.881. The van der Waals surface area contributed by atoms with Crippen molar-refractivity contribution in [2.75, 3.05) is 26.9 Å². The van der Waals surface area contributed by atoms with E-state index in [0.29, 0.717) is 13.0 Å². The highest BCUT2D eigenvalue weighted by Gasteiger charge is 2.09. The molecular weight excluding hydrogens is 174 g/mol. The predicted molar refractivity (Wildman–Crippen MR) is 47.2 cm³/mol. The fraction of sp³-hybridized carbons (Fsp3) is 0.875. The predicted octanol–water partition coefficient (Wildman–Crippen LogP) is -1.12. The molecule has 78 valence electrons. The summed E-state index contributed by atoms with van der Waals surface area (Å²) in [6, 6.07) is -0.351. The third-order valence-corrected chi connectivity index (χ3v) is 1.52. The summed E-state index contributed by atoms with van der Waals surface area (Å²) in [6.45, 7) is 0.154. The Kier molecular flexibility index (Phi) is 7.57. The number of hydrogen-bond acceptors (Lipinski definition) is 4. The molecule has 0 aliphatic heterocycles. The number of amides is 1. The molecule has 1 atom stereocenters. The normalized spacial score (nSPS) is 12.5. The van der Waals surface area contributed by atoms with Gasteiger partial charge in [-0.05, 0) is 6.42 Å². The molecule has 0 saturated carbocycles. The van der Waals surface area contributed by atoms with Gasteiger partial charge in [-0.2, -0.15) is 0 Å². The van der Waals surface area contributed by atoms with Crippen molar-refractivity contribution in [1.82, 2.24) is 5.32 Å². The molecular formula is C8H17NO4. The van der Waals surface area contributed by atoms with Crippen LogP contribution >= 0.6 is 0 Å². The summed E-state index contributed by atoms with van der Waals surface area (Å²) < 4.78 is 4.78. The van der Waals surface area contributed by atoms with E-state index in [1.54, 1.807) is 0 Å². The number of methoxy groups -OCH3 is 1. The molecule has 0 heterocycles. The number of ether oxygens (including phenoxy) is 1. The lowest BCUT2D eigenvalue weighted by atomic mass is 10.2. The smallest absolute Gasteiger partial charge is 0.220 e. The van der Waals surface area contributed by atoms with Gasteiger partial charge in [-0.15, -0.1) is 0 Å². The van der Waals surface area contributed by atoms with Crippen LogP contribution in [0.1, 0.15) is 12.8 Å². The summed E-state index contributed by atoms with van der Waals surface area (Å²) in [6.07, 6.45) is 0.716. The van der Waals surface area contributed by atoms with Crippen LogP contribution in [0.15, 0.2) is 0 Å². The lowest BCUT2D eigenvalue weighted by Gasteiger charge is -2.14. The maximum Gasteiger partial charge on any atom is 0.220 e. The van der Waals surface area contributed by atoms with E-state index in [0.717, 1.165) is 0 Å². The van der Waals surface area contributed by atoms with Gasteiger partial charge in [-0.3, -0.25) is 4.79 Å².